The molecule has 0 bridgehead atoms. The summed E-state index contributed by atoms with van der Waals surface area (Å²) in [5.74, 6) is 2.01. The number of hydrogen-bond acceptors (Lipinski definition) is 4. The van der Waals surface area contributed by atoms with Crippen LogP contribution in [0.15, 0.2) is 29.3 Å². The van der Waals surface area contributed by atoms with E-state index in [1.54, 1.807) is 0 Å². The van der Waals surface area contributed by atoms with Crippen molar-refractivity contribution in [2.75, 3.05) is 52.5 Å². The molecule has 2 fully saturated rings. The lowest BCUT2D eigenvalue weighted by molar-refractivity contribution is -0.142. The van der Waals surface area contributed by atoms with Gasteiger partial charge < -0.3 is 24.6 Å². The molecule has 3 rings (SSSR count). The second-order valence-electron chi connectivity index (χ2n) is 7.52. The molecule has 0 aliphatic carbocycles. The van der Waals surface area contributed by atoms with Crippen molar-refractivity contribution in [3.63, 3.8) is 0 Å². The highest BCUT2D eigenvalue weighted by molar-refractivity contribution is 14.0. The van der Waals surface area contributed by atoms with Crippen molar-refractivity contribution < 1.29 is 14.3 Å². The molecular formula is C22H35IN4O3. The molecule has 2 aliphatic heterocycles. The van der Waals surface area contributed by atoms with Gasteiger partial charge in [-0.25, -0.2) is 0 Å². The van der Waals surface area contributed by atoms with Gasteiger partial charge in [0.05, 0.1) is 6.61 Å². The molecule has 7 nitrogen and oxygen atoms in total. The number of piperazine rings is 1. The van der Waals surface area contributed by atoms with Crippen LogP contribution in [-0.4, -0.2) is 80.3 Å². The van der Waals surface area contributed by atoms with Crippen LogP contribution >= 0.6 is 24.0 Å². The predicted molar refractivity (Wildman–Crippen MR) is 130 cm³/mol. The Morgan fingerprint density at radius 1 is 1.23 bits per heavy atom. The van der Waals surface area contributed by atoms with Gasteiger partial charge in [0.25, 0.3) is 5.91 Å². The van der Waals surface area contributed by atoms with Crippen molar-refractivity contribution >= 4 is 35.8 Å². The van der Waals surface area contributed by atoms with Crippen LogP contribution in [0.3, 0.4) is 0 Å². The number of carbonyl (C=O) groups is 1. The lowest BCUT2D eigenvalue weighted by atomic mass is 10.2. The molecule has 1 aromatic carbocycles. The third kappa shape index (κ3) is 7.01. The van der Waals surface area contributed by atoms with Crippen LogP contribution < -0.4 is 10.1 Å². The summed E-state index contributed by atoms with van der Waals surface area (Å²) in [5.41, 5.74) is 1.15. The Morgan fingerprint density at radius 2 is 1.97 bits per heavy atom. The normalized spacial score (nSPS) is 19.4. The minimum atomic E-state index is -0.225. The number of aryl methyl sites for hydroxylation is 1. The molecule has 8 heteroatoms. The number of amides is 1. The number of para-hydroxylation sites is 1. The van der Waals surface area contributed by atoms with Crippen LogP contribution in [-0.2, 0) is 9.53 Å². The number of aliphatic imine (C=N–C) groups is 1. The number of guanidine groups is 1. The summed E-state index contributed by atoms with van der Waals surface area (Å²) in [7, 11) is 0. The van der Waals surface area contributed by atoms with Gasteiger partial charge in [0, 0.05) is 52.3 Å². The number of hydrogen-bond donors (Lipinski definition) is 1. The van der Waals surface area contributed by atoms with Crippen LogP contribution in [0.25, 0.3) is 0 Å². The fourth-order valence-electron chi connectivity index (χ4n) is 3.69. The van der Waals surface area contributed by atoms with Crippen LogP contribution in [0.4, 0.5) is 0 Å². The van der Waals surface area contributed by atoms with Gasteiger partial charge in [0.15, 0.2) is 5.96 Å². The van der Waals surface area contributed by atoms with Crippen LogP contribution in [0.1, 0.15) is 31.7 Å². The smallest absolute Gasteiger partial charge is 0.251 e. The van der Waals surface area contributed by atoms with Gasteiger partial charge in [0.1, 0.15) is 11.9 Å². The maximum atomic E-state index is 12.5. The molecule has 168 valence electrons. The molecule has 0 spiro atoms. The van der Waals surface area contributed by atoms with E-state index in [2.05, 4.69) is 30.1 Å². The monoisotopic (exact) mass is 530 g/mol. The largest absolute Gasteiger partial charge is 0.493 e. The number of nitrogens with one attached hydrogen (secondary N) is 1. The van der Waals surface area contributed by atoms with Gasteiger partial charge in [0.2, 0.25) is 0 Å². The first-order valence-corrected chi connectivity index (χ1v) is 10.8. The van der Waals surface area contributed by atoms with Gasteiger partial charge in [-0.15, -0.1) is 24.0 Å². The summed E-state index contributed by atoms with van der Waals surface area (Å²) >= 11 is 0. The van der Waals surface area contributed by atoms with Crippen LogP contribution in [0.5, 0.6) is 5.75 Å². The van der Waals surface area contributed by atoms with Gasteiger partial charge in [-0.1, -0.05) is 18.2 Å². The number of rotatable bonds is 7. The molecule has 1 amide bonds. The van der Waals surface area contributed by atoms with Crippen molar-refractivity contribution in [2.24, 2.45) is 4.99 Å². The van der Waals surface area contributed by atoms with Crippen molar-refractivity contribution in [3.05, 3.63) is 29.8 Å². The summed E-state index contributed by atoms with van der Waals surface area (Å²) in [5, 5.41) is 3.38. The van der Waals surface area contributed by atoms with Crippen molar-refractivity contribution in [1.29, 1.82) is 0 Å². The molecule has 0 radical (unpaired) electrons. The first-order chi connectivity index (χ1) is 14.2. The number of carbonyl (C=O) groups excluding carboxylic acids is 1. The summed E-state index contributed by atoms with van der Waals surface area (Å²) in [6, 6.07) is 8.07. The second kappa shape index (κ2) is 13.0. The predicted octanol–water partition coefficient (Wildman–Crippen LogP) is 2.67. The molecule has 2 aliphatic rings. The van der Waals surface area contributed by atoms with Crippen LogP contribution in [0, 0.1) is 6.92 Å². The van der Waals surface area contributed by atoms with Gasteiger partial charge in [-0.05, 0) is 38.3 Å². The topological polar surface area (TPSA) is 66.4 Å². The summed E-state index contributed by atoms with van der Waals surface area (Å²) in [4.78, 5) is 21.4. The lowest BCUT2D eigenvalue weighted by Crippen LogP contribution is -2.55. The minimum Gasteiger partial charge on any atom is -0.493 e. The average Bonchev–Trinajstić information content (AvgIpc) is 3.28. The fourth-order valence-corrected chi connectivity index (χ4v) is 3.69. The van der Waals surface area contributed by atoms with E-state index in [0.717, 1.165) is 69.3 Å². The average molecular weight is 530 g/mol. The molecule has 1 aromatic rings. The Balaban J connectivity index is 0.00000320. The van der Waals surface area contributed by atoms with Crippen molar-refractivity contribution in [3.8, 4) is 5.75 Å². The molecule has 1 unspecified atom stereocenters. The molecule has 30 heavy (non-hydrogen) atoms. The van der Waals surface area contributed by atoms with E-state index in [4.69, 9.17) is 14.5 Å². The zero-order valence-electron chi connectivity index (χ0n) is 18.1. The molecule has 0 aromatic heterocycles. The molecule has 1 atom stereocenters. The fraction of sp³-hybridized carbons (Fsp3) is 0.636. The van der Waals surface area contributed by atoms with E-state index in [9.17, 15) is 4.79 Å². The summed E-state index contributed by atoms with van der Waals surface area (Å²) in [6.45, 7) is 10.1. The number of ether oxygens (including phenoxy) is 2. The molecule has 1 N–H and O–H groups in total. The molecule has 0 saturated carbocycles. The lowest BCUT2D eigenvalue weighted by Gasteiger charge is -2.37. The van der Waals surface area contributed by atoms with Gasteiger partial charge in [-0.3, -0.25) is 9.79 Å². The highest BCUT2D eigenvalue weighted by atomic mass is 127. The second-order valence-corrected chi connectivity index (χ2v) is 7.52. The van der Waals surface area contributed by atoms with E-state index in [1.165, 1.54) is 0 Å². The number of nitrogens with zero attached hydrogens (tertiary/aromatic N) is 3. The van der Waals surface area contributed by atoms with E-state index in [1.807, 2.05) is 23.1 Å². The zero-order valence-corrected chi connectivity index (χ0v) is 20.5. The first-order valence-electron chi connectivity index (χ1n) is 10.8. The third-order valence-corrected chi connectivity index (χ3v) is 5.35. The van der Waals surface area contributed by atoms with E-state index >= 15 is 0 Å². The zero-order chi connectivity index (χ0) is 20.5. The van der Waals surface area contributed by atoms with Crippen molar-refractivity contribution in [1.82, 2.24) is 15.1 Å². The van der Waals surface area contributed by atoms with E-state index < -0.39 is 0 Å². The minimum absolute atomic E-state index is 0. The third-order valence-electron chi connectivity index (χ3n) is 5.35. The van der Waals surface area contributed by atoms with Crippen molar-refractivity contribution in [2.45, 2.75) is 39.2 Å². The molecular weight excluding hydrogens is 495 g/mol. The Kier molecular flexibility index (Phi) is 10.7. The molecule has 2 saturated heterocycles. The Bertz CT molecular complexity index is 687. The standard InChI is InChI=1S/C22H34N4O3.HI/c1-3-23-22(24-11-7-17-28-19-9-5-4-8-18(19)2)26-14-12-25(13-15-26)21(27)20-10-6-16-29-20;/h4-5,8-9,20H,3,6-7,10-17H2,1-2H3,(H,23,24);1H. The number of benzene rings is 1. The SMILES string of the molecule is CCNC(=NCCCOc1ccccc1C)N1CCN(C(=O)C2CCCO2)CC1.I. The quantitative estimate of drug-likeness (QED) is 0.254. The van der Waals surface area contributed by atoms with E-state index in [-0.39, 0.29) is 36.0 Å². The van der Waals surface area contributed by atoms with Crippen LogP contribution in [0.2, 0.25) is 0 Å². The maximum Gasteiger partial charge on any atom is 0.251 e. The first kappa shape index (κ1) is 24.7. The van der Waals surface area contributed by atoms with Gasteiger partial charge >= 0.3 is 0 Å². The van der Waals surface area contributed by atoms with Gasteiger partial charge in [-0.2, -0.15) is 0 Å². The highest BCUT2D eigenvalue weighted by Gasteiger charge is 2.30. The Labute approximate surface area is 197 Å². The Morgan fingerprint density at radius 3 is 2.63 bits per heavy atom. The highest BCUT2D eigenvalue weighted by Crippen LogP contribution is 2.17. The van der Waals surface area contributed by atoms with E-state index in [0.29, 0.717) is 19.8 Å². The maximum absolute atomic E-state index is 12.5. The molecule has 2 heterocycles. The summed E-state index contributed by atoms with van der Waals surface area (Å²) < 4.78 is 11.4. The summed E-state index contributed by atoms with van der Waals surface area (Å²) in [6.07, 6.45) is 2.48. The Hall–Kier alpha value is -1.55. The number of halogens is 1.